The summed E-state index contributed by atoms with van der Waals surface area (Å²) in [6, 6.07) is 2.29. The Bertz CT molecular complexity index is 674. The Morgan fingerprint density at radius 3 is 2.94 bits per heavy atom. The fourth-order valence-corrected chi connectivity index (χ4v) is 2.67. The Balaban J connectivity index is 2.38. The highest BCUT2D eigenvalue weighted by Gasteiger charge is 2.27. The molecule has 80 valence electrons. The summed E-state index contributed by atoms with van der Waals surface area (Å²) in [6.07, 6.45) is 1.99. The number of hydrogen-bond acceptors (Lipinski definition) is 5. The molecule has 0 radical (unpaired) electrons. The van der Waals surface area contributed by atoms with Crippen LogP contribution in [0.15, 0.2) is 4.79 Å². The summed E-state index contributed by atoms with van der Waals surface area (Å²) >= 11 is 1.33. The van der Waals surface area contributed by atoms with E-state index in [0.29, 0.717) is 15.8 Å². The Kier molecular flexibility index (Phi) is 1.85. The number of fused-ring (bicyclic) bond motifs is 1. The van der Waals surface area contributed by atoms with Crippen molar-refractivity contribution in [2.24, 2.45) is 0 Å². The first kappa shape index (κ1) is 9.48. The highest BCUT2D eigenvalue weighted by atomic mass is 32.1. The molecule has 1 aliphatic carbocycles. The van der Waals surface area contributed by atoms with Gasteiger partial charge < -0.3 is 0 Å². The van der Waals surface area contributed by atoms with E-state index in [0.717, 1.165) is 17.7 Å². The van der Waals surface area contributed by atoms with E-state index in [4.69, 9.17) is 5.26 Å². The van der Waals surface area contributed by atoms with Gasteiger partial charge in [-0.25, -0.2) is 4.68 Å². The molecule has 0 unspecified atom stereocenters. The fourth-order valence-electron chi connectivity index (χ4n) is 1.70. The van der Waals surface area contributed by atoms with Crippen LogP contribution in [0, 0.1) is 18.3 Å². The van der Waals surface area contributed by atoms with Crippen LogP contribution < -0.4 is 5.56 Å². The molecule has 2 aromatic rings. The highest BCUT2D eigenvalue weighted by molar-refractivity contribution is 7.19. The normalized spacial score (nSPS) is 15.2. The Hall–Kier alpha value is -1.74. The second-order valence-corrected chi connectivity index (χ2v) is 5.12. The number of nitrogens with zero attached hydrogens (tertiary/aromatic N) is 4. The lowest BCUT2D eigenvalue weighted by molar-refractivity contribution is 0.567. The van der Waals surface area contributed by atoms with Crippen LogP contribution in [0.3, 0.4) is 0 Å². The Morgan fingerprint density at radius 1 is 1.56 bits per heavy atom. The van der Waals surface area contributed by atoms with E-state index in [9.17, 15) is 4.79 Å². The lowest BCUT2D eigenvalue weighted by Crippen LogP contribution is -2.22. The molecule has 0 N–H and O–H groups in total. The third-order valence-electron chi connectivity index (χ3n) is 2.71. The van der Waals surface area contributed by atoms with Gasteiger partial charge in [-0.3, -0.25) is 4.79 Å². The van der Waals surface area contributed by atoms with Gasteiger partial charge in [-0.1, -0.05) is 5.21 Å². The van der Waals surface area contributed by atoms with Gasteiger partial charge in [0.05, 0.1) is 11.6 Å². The van der Waals surface area contributed by atoms with Crippen molar-refractivity contribution in [3.05, 3.63) is 20.8 Å². The minimum Gasteiger partial charge on any atom is -0.266 e. The zero-order valence-electron chi connectivity index (χ0n) is 8.60. The van der Waals surface area contributed by atoms with Gasteiger partial charge in [0.2, 0.25) is 0 Å². The molecule has 1 aliphatic rings. The number of rotatable bonds is 1. The molecule has 0 bridgehead atoms. The molecule has 0 amide bonds. The van der Waals surface area contributed by atoms with Crippen LogP contribution in [-0.4, -0.2) is 15.0 Å². The molecule has 2 heterocycles. The topological polar surface area (TPSA) is 71.6 Å². The molecule has 0 saturated heterocycles. The number of aromatic nitrogens is 3. The van der Waals surface area contributed by atoms with Gasteiger partial charge in [0.25, 0.3) is 5.56 Å². The van der Waals surface area contributed by atoms with Crippen LogP contribution in [0.4, 0.5) is 0 Å². The molecule has 6 heteroatoms. The lowest BCUT2D eigenvalue weighted by Gasteiger charge is -1.98. The summed E-state index contributed by atoms with van der Waals surface area (Å²) < 4.78 is 2.00. The SMILES string of the molecule is Cc1sc2c(=O)n(C3CC3)nnc2c1C#N. The van der Waals surface area contributed by atoms with Crippen LogP contribution in [0.25, 0.3) is 10.2 Å². The molecule has 5 nitrogen and oxygen atoms in total. The van der Waals surface area contributed by atoms with Crippen molar-refractivity contribution in [1.82, 2.24) is 15.0 Å². The van der Waals surface area contributed by atoms with Gasteiger partial charge in [0.1, 0.15) is 16.3 Å². The molecule has 0 aliphatic heterocycles. The van der Waals surface area contributed by atoms with Crippen molar-refractivity contribution >= 4 is 21.6 Å². The number of aryl methyl sites for hydroxylation is 1. The van der Waals surface area contributed by atoms with Crippen LogP contribution >= 0.6 is 11.3 Å². The van der Waals surface area contributed by atoms with E-state index in [-0.39, 0.29) is 11.6 Å². The Labute approximate surface area is 94.9 Å². The standard InChI is InChI=1S/C10H8N4OS/c1-5-7(4-11)8-9(16-5)10(15)14(13-12-8)6-2-3-6/h6H,2-3H2,1H3. The molecule has 1 saturated carbocycles. The number of nitriles is 1. The van der Waals surface area contributed by atoms with Gasteiger partial charge in [0, 0.05) is 4.88 Å². The van der Waals surface area contributed by atoms with E-state index >= 15 is 0 Å². The van der Waals surface area contributed by atoms with E-state index in [2.05, 4.69) is 16.4 Å². The first-order chi connectivity index (χ1) is 7.72. The molecule has 16 heavy (non-hydrogen) atoms. The summed E-state index contributed by atoms with van der Waals surface area (Å²) in [5.74, 6) is 0. The monoisotopic (exact) mass is 232 g/mol. The van der Waals surface area contributed by atoms with Crippen molar-refractivity contribution in [3.8, 4) is 6.07 Å². The summed E-state index contributed by atoms with van der Waals surface area (Å²) in [7, 11) is 0. The van der Waals surface area contributed by atoms with Crippen LogP contribution in [0.2, 0.25) is 0 Å². The molecule has 3 rings (SSSR count). The molecule has 0 atom stereocenters. The van der Waals surface area contributed by atoms with Crippen molar-refractivity contribution in [2.75, 3.05) is 0 Å². The summed E-state index contributed by atoms with van der Waals surface area (Å²) in [5, 5.41) is 16.9. The van der Waals surface area contributed by atoms with E-state index in [1.807, 2.05) is 6.92 Å². The second kappa shape index (κ2) is 3.12. The molecular formula is C10H8N4OS. The number of thiophene rings is 1. The van der Waals surface area contributed by atoms with Crippen molar-refractivity contribution in [2.45, 2.75) is 25.8 Å². The van der Waals surface area contributed by atoms with E-state index in [1.165, 1.54) is 16.0 Å². The molecule has 0 spiro atoms. The molecule has 0 aromatic carbocycles. The molecule has 2 aromatic heterocycles. The van der Waals surface area contributed by atoms with Crippen LogP contribution in [-0.2, 0) is 0 Å². The minimum absolute atomic E-state index is 0.109. The average molecular weight is 232 g/mol. The maximum atomic E-state index is 12.1. The maximum absolute atomic E-state index is 12.1. The highest BCUT2D eigenvalue weighted by Crippen LogP contribution is 2.33. The second-order valence-electron chi connectivity index (χ2n) is 3.89. The largest absolute Gasteiger partial charge is 0.288 e. The zero-order chi connectivity index (χ0) is 11.3. The molecular weight excluding hydrogens is 224 g/mol. The van der Waals surface area contributed by atoms with Crippen LogP contribution in [0.5, 0.6) is 0 Å². The zero-order valence-corrected chi connectivity index (χ0v) is 9.41. The summed E-state index contributed by atoms with van der Waals surface area (Å²) in [4.78, 5) is 12.9. The average Bonchev–Trinajstić information content (AvgIpc) is 3.03. The Morgan fingerprint density at radius 2 is 2.31 bits per heavy atom. The third-order valence-corrected chi connectivity index (χ3v) is 3.79. The summed E-state index contributed by atoms with van der Waals surface area (Å²) in [5.41, 5.74) is 0.821. The van der Waals surface area contributed by atoms with E-state index in [1.54, 1.807) is 0 Å². The molecule has 1 fully saturated rings. The predicted octanol–water partition coefficient (Wildman–Crippen LogP) is 1.37. The van der Waals surface area contributed by atoms with Crippen molar-refractivity contribution in [3.63, 3.8) is 0 Å². The van der Waals surface area contributed by atoms with Gasteiger partial charge in [-0.05, 0) is 19.8 Å². The smallest absolute Gasteiger partial charge is 0.266 e. The van der Waals surface area contributed by atoms with Gasteiger partial charge in [-0.2, -0.15) is 5.26 Å². The van der Waals surface area contributed by atoms with Crippen LogP contribution in [0.1, 0.15) is 29.3 Å². The summed E-state index contributed by atoms with van der Waals surface area (Å²) in [6.45, 7) is 1.83. The first-order valence-electron chi connectivity index (χ1n) is 5.01. The quantitative estimate of drug-likeness (QED) is 0.744. The lowest BCUT2D eigenvalue weighted by atomic mass is 10.2. The maximum Gasteiger partial charge on any atom is 0.288 e. The third kappa shape index (κ3) is 1.18. The van der Waals surface area contributed by atoms with E-state index < -0.39 is 0 Å². The van der Waals surface area contributed by atoms with Crippen molar-refractivity contribution < 1.29 is 0 Å². The van der Waals surface area contributed by atoms with Crippen molar-refractivity contribution in [1.29, 1.82) is 5.26 Å². The van der Waals surface area contributed by atoms with Gasteiger partial charge in [0.15, 0.2) is 0 Å². The fraction of sp³-hybridized carbons (Fsp3) is 0.400. The minimum atomic E-state index is -0.109. The predicted molar refractivity (Wildman–Crippen MR) is 59.4 cm³/mol. The first-order valence-corrected chi connectivity index (χ1v) is 5.82. The van der Waals surface area contributed by atoms with Gasteiger partial charge in [-0.15, -0.1) is 16.4 Å². The van der Waals surface area contributed by atoms with Gasteiger partial charge >= 0.3 is 0 Å². The number of hydrogen-bond donors (Lipinski definition) is 0.